The lowest BCUT2D eigenvalue weighted by Gasteiger charge is -2.07. The second kappa shape index (κ2) is 6.16. The molecule has 1 heterocycles. The van der Waals surface area contributed by atoms with Crippen LogP contribution >= 0.6 is 23.5 Å². The Bertz CT molecular complexity index is 596. The van der Waals surface area contributed by atoms with E-state index in [1.807, 2.05) is 42.1 Å². The molecular formula is C13H14N2O2S2. The molecule has 0 saturated carbocycles. The predicted molar refractivity (Wildman–Crippen MR) is 78.4 cm³/mol. The third kappa shape index (κ3) is 3.54. The second-order valence-corrected chi connectivity index (χ2v) is 5.74. The molecule has 2 aromatic rings. The highest BCUT2D eigenvalue weighted by Crippen LogP contribution is 2.24. The van der Waals surface area contributed by atoms with Crippen LogP contribution in [0.15, 0.2) is 40.5 Å². The quantitative estimate of drug-likeness (QED) is 0.859. The highest BCUT2D eigenvalue weighted by Gasteiger charge is 2.10. The van der Waals surface area contributed by atoms with Crippen molar-refractivity contribution in [1.82, 2.24) is 9.55 Å². The van der Waals surface area contributed by atoms with Gasteiger partial charge in [-0.1, -0.05) is 17.8 Å². The predicted octanol–water partition coefficient (Wildman–Crippen LogP) is 3.08. The highest BCUT2D eigenvalue weighted by atomic mass is 32.2. The first-order valence-corrected chi connectivity index (χ1v) is 7.86. The monoisotopic (exact) mass is 294 g/mol. The molecule has 0 saturated heterocycles. The summed E-state index contributed by atoms with van der Waals surface area (Å²) in [5, 5.41) is 9.47. The van der Waals surface area contributed by atoms with Crippen LogP contribution in [0.4, 0.5) is 0 Å². The smallest absolute Gasteiger partial charge is 0.313 e. The molecule has 1 aromatic heterocycles. The fraction of sp³-hybridized carbons (Fsp3) is 0.231. The van der Waals surface area contributed by atoms with Crippen molar-refractivity contribution in [3.05, 3.63) is 36.2 Å². The van der Waals surface area contributed by atoms with Crippen LogP contribution in [0, 0.1) is 6.92 Å². The van der Waals surface area contributed by atoms with Gasteiger partial charge in [0.1, 0.15) is 0 Å². The van der Waals surface area contributed by atoms with E-state index in [2.05, 4.69) is 11.1 Å². The third-order valence-electron chi connectivity index (χ3n) is 2.45. The first kappa shape index (κ1) is 14.0. The van der Waals surface area contributed by atoms with Gasteiger partial charge in [0.05, 0.1) is 11.4 Å². The summed E-state index contributed by atoms with van der Waals surface area (Å²) in [6.07, 6.45) is 3.95. The average Bonchev–Trinajstić information content (AvgIpc) is 2.77. The van der Waals surface area contributed by atoms with Gasteiger partial charge in [-0.15, -0.1) is 11.8 Å². The summed E-state index contributed by atoms with van der Waals surface area (Å²) >= 11 is 2.90. The summed E-state index contributed by atoms with van der Waals surface area (Å²) in [4.78, 5) is 16.2. The van der Waals surface area contributed by atoms with Crippen molar-refractivity contribution in [1.29, 1.82) is 0 Å². The molecular weight excluding hydrogens is 280 g/mol. The zero-order chi connectivity index (χ0) is 13.8. The molecule has 1 aromatic carbocycles. The van der Waals surface area contributed by atoms with Gasteiger partial charge in [-0.05, 0) is 31.4 Å². The molecule has 4 nitrogen and oxygen atoms in total. The Morgan fingerprint density at radius 1 is 1.47 bits per heavy atom. The molecule has 19 heavy (non-hydrogen) atoms. The topological polar surface area (TPSA) is 55.1 Å². The number of carboxylic acids is 1. The van der Waals surface area contributed by atoms with Gasteiger partial charge in [0.15, 0.2) is 5.16 Å². The Morgan fingerprint density at radius 3 is 2.95 bits per heavy atom. The Kier molecular flexibility index (Phi) is 4.55. The molecule has 0 atom stereocenters. The number of thioether (sulfide) groups is 2. The van der Waals surface area contributed by atoms with Crippen LogP contribution in [-0.2, 0) is 4.79 Å². The molecule has 0 spiro atoms. The number of rotatable bonds is 5. The zero-order valence-electron chi connectivity index (χ0n) is 10.7. The van der Waals surface area contributed by atoms with E-state index >= 15 is 0 Å². The van der Waals surface area contributed by atoms with E-state index in [9.17, 15) is 4.79 Å². The van der Waals surface area contributed by atoms with Crippen molar-refractivity contribution in [2.24, 2.45) is 0 Å². The molecule has 0 fully saturated rings. The zero-order valence-corrected chi connectivity index (χ0v) is 12.3. The fourth-order valence-electron chi connectivity index (χ4n) is 1.65. The summed E-state index contributed by atoms with van der Waals surface area (Å²) in [5.74, 6) is -0.825. The summed E-state index contributed by atoms with van der Waals surface area (Å²) in [5.41, 5.74) is 1.88. The van der Waals surface area contributed by atoms with Crippen molar-refractivity contribution >= 4 is 29.5 Å². The molecule has 0 aliphatic heterocycles. The molecule has 0 amide bonds. The largest absolute Gasteiger partial charge is 0.481 e. The number of nitrogens with zero attached hydrogens (tertiary/aromatic N) is 2. The maximum atomic E-state index is 10.7. The van der Waals surface area contributed by atoms with Gasteiger partial charge >= 0.3 is 5.97 Å². The third-order valence-corrected chi connectivity index (χ3v) is 4.11. The number of benzene rings is 1. The molecule has 0 radical (unpaired) electrons. The van der Waals surface area contributed by atoms with E-state index in [0.717, 1.165) is 16.3 Å². The molecule has 1 N–H and O–H groups in total. The number of hydrogen-bond acceptors (Lipinski definition) is 4. The highest BCUT2D eigenvalue weighted by molar-refractivity contribution is 7.99. The average molecular weight is 294 g/mol. The van der Waals surface area contributed by atoms with Crippen LogP contribution in [0.1, 0.15) is 5.69 Å². The Labute approximate surface area is 120 Å². The van der Waals surface area contributed by atoms with Crippen molar-refractivity contribution in [2.45, 2.75) is 17.0 Å². The summed E-state index contributed by atoms with van der Waals surface area (Å²) in [6, 6.07) is 8.09. The van der Waals surface area contributed by atoms with E-state index < -0.39 is 5.97 Å². The number of aryl methyl sites for hydroxylation is 1. The minimum absolute atomic E-state index is 0.0126. The number of aliphatic carboxylic acids is 1. The van der Waals surface area contributed by atoms with Crippen LogP contribution in [-0.4, -0.2) is 32.6 Å². The van der Waals surface area contributed by atoms with Crippen molar-refractivity contribution in [3.8, 4) is 5.69 Å². The number of carbonyl (C=O) groups is 1. The minimum Gasteiger partial charge on any atom is -0.481 e. The fourth-order valence-corrected chi connectivity index (χ4v) is 2.86. The number of hydrogen-bond donors (Lipinski definition) is 1. The summed E-state index contributed by atoms with van der Waals surface area (Å²) in [7, 11) is 0. The number of aromatic nitrogens is 2. The van der Waals surface area contributed by atoms with E-state index in [0.29, 0.717) is 5.16 Å². The van der Waals surface area contributed by atoms with E-state index in [1.54, 1.807) is 11.8 Å². The molecule has 0 aliphatic rings. The van der Waals surface area contributed by atoms with Gasteiger partial charge < -0.3 is 5.11 Å². The van der Waals surface area contributed by atoms with Crippen LogP contribution in [0.25, 0.3) is 5.69 Å². The Hall–Kier alpha value is -1.40. The molecule has 6 heteroatoms. The van der Waals surface area contributed by atoms with Gasteiger partial charge in [-0.25, -0.2) is 4.98 Å². The van der Waals surface area contributed by atoms with Gasteiger partial charge in [-0.3, -0.25) is 9.36 Å². The van der Waals surface area contributed by atoms with Gasteiger partial charge in [0.2, 0.25) is 0 Å². The minimum atomic E-state index is -0.838. The van der Waals surface area contributed by atoms with Gasteiger partial charge in [-0.2, -0.15) is 0 Å². The van der Waals surface area contributed by atoms with Crippen LogP contribution in [0.3, 0.4) is 0 Å². The standard InChI is InChI=1S/C13H14N2O2S2/c1-9-7-15(13(14-9)19-8-12(16)17)10-4-3-5-11(6-10)18-2/h3-7H,8H2,1-2H3,(H,16,17). The van der Waals surface area contributed by atoms with E-state index in [-0.39, 0.29) is 5.75 Å². The lowest BCUT2D eigenvalue weighted by molar-refractivity contribution is -0.133. The van der Waals surface area contributed by atoms with Gasteiger partial charge in [0, 0.05) is 16.8 Å². The Morgan fingerprint density at radius 2 is 2.26 bits per heavy atom. The molecule has 0 bridgehead atoms. The van der Waals surface area contributed by atoms with Crippen LogP contribution in [0.5, 0.6) is 0 Å². The van der Waals surface area contributed by atoms with E-state index in [1.165, 1.54) is 11.8 Å². The van der Waals surface area contributed by atoms with Crippen LogP contribution < -0.4 is 0 Å². The molecule has 100 valence electrons. The molecule has 0 unspecified atom stereocenters. The second-order valence-electron chi connectivity index (χ2n) is 3.92. The first-order chi connectivity index (χ1) is 9.10. The molecule has 0 aliphatic carbocycles. The van der Waals surface area contributed by atoms with Crippen LogP contribution in [0.2, 0.25) is 0 Å². The normalized spacial score (nSPS) is 10.6. The number of imidazole rings is 1. The maximum absolute atomic E-state index is 10.7. The van der Waals surface area contributed by atoms with Crippen molar-refractivity contribution in [2.75, 3.05) is 12.0 Å². The molecule has 2 rings (SSSR count). The van der Waals surface area contributed by atoms with Gasteiger partial charge in [0.25, 0.3) is 0 Å². The lowest BCUT2D eigenvalue weighted by atomic mass is 10.3. The first-order valence-electron chi connectivity index (χ1n) is 5.65. The summed E-state index contributed by atoms with van der Waals surface area (Å²) in [6.45, 7) is 1.90. The Balaban J connectivity index is 2.34. The SMILES string of the molecule is CSc1cccc(-n2cc(C)nc2SCC(=O)O)c1. The summed E-state index contributed by atoms with van der Waals surface area (Å²) < 4.78 is 1.93. The van der Waals surface area contributed by atoms with E-state index in [4.69, 9.17) is 5.11 Å². The van der Waals surface area contributed by atoms with Crippen molar-refractivity contribution in [3.63, 3.8) is 0 Å². The lowest BCUT2D eigenvalue weighted by Crippen LogP contribution is -2.01. The van der Waals surface area contributed by atoms with Crippen molar-refractivity contribution < 1.29 is 9.90 Å². The maximum Gasteiger partial charge on any atom is 0.313 e. The number of carboxylic acid groups (broad SMARTS) is 1.